The Balaban J connectivity index is 2.89. The molecule has 0 bridgehead atoms. The van der Waals surface area contributed by atoms with Gasteiger partial charge in [-0.25, -0.2) is 9.59 Å². The molecule has 2 N–H and O–H groups in total. The van der Waals surface area contributed by atoms with Crippen LogP contribution in [0.5, 0.6) is 0 Å². The van der Waals surface area contributed by atoms with Crippen molar-refractivity contribution < 1.29 is 28.7 Å². The minimum Gasteiger partial charge on any atom is -0.467 e. The van der Waals surface area contributed by atoms with Gasteiger partial charge >= 0.3 is 11.9 Å². The molecule has 0 aromatic heterocycles. The molecule has 10 heteroatoms. The van der Waals surface area contributed by atoms with Crippen LogP contribution in [0.15, 0.2) is 24.3 Å². The van der Waals surface area contributed by atoms with Gasteiger partial charge in [-0.3, -0.25) is 9.59 Å². The summed E-state index contributed by atoms with van der Waals surface area (Å²) in [6.07, 6.45) is 0. The van der Waals surface area contributed by atoms with E-state index in [0.29, 0.717) is 0 Å². The van der Waals surface area contributed by atoms with Gasteiger partial charge in [0.25, 0.3) is 11.8 Å². The zero-order valence-electron chi connectivity index (χ0n) is 14.2. The van der Waals surface area contributed by atoms with E-state index in [1.165, 1.54) is 38.5 Å². The summed E-state index contributed by atoms with van der Waals surface area (Å²) in [5, 5.41) is 4.94. The Kier molecular flexibility index (Phi) is 9.00. The summed E-state index contributed by atoms with van der Waals surface area (Å²) in [6.45, 7) is 0. The predicted molar refractivity (Wildman–Crippen MR) is 101 cm³/mol. The van der Waals surface area contributed by atoms with E-state index < -0.39 is 35.8 Å². The third kappa shape index (κ3) is 5.95. The lowest BCUT2D eigenvalue weighted by Gasteiger charge is -2.15. The van der Waals surface area contributed by atoms with Crippen LogP contribution < -0.4 is 10.6 Å². The summed E-state index contributed by atoms with van der Waals surface area (Å²) in [5.41, 5.74) is 0.322. The van der Waals surface area contributed by atoms with Gasteiger partial charge in [-0.15, -0.1) is 0 Å². The number of hydrogen-bond acceptors (Lipinski definition) is 8. The Morgan fingerprint density at radius 1 is 0.885 bits per heavy atom. The number of benzene rings is 1. The van der Waals surface area contributed by atoms with Crippen LogP contribution in [0.2, 0.25) is 0 Å². The van der Waals surface area contributed by atoms with Crippen LogP contribution in [0.1, 0.15) is 20.7 Å². The first kappa shape index (κ1) is 21.8. The molecule has 0 fully saturated rings. The van der Waals surface area contributed by atoms with E-state index >= 15 is 0 Å². The third-order valence-electron chi connectivity index (χ3n) is 3.33. The number of rotatable bonds is 8. The van der Waals surface area contributed by atoms with Crippen molar-refractivity contribution in [2.45, 2.75) is 12.1 Å². The number of methoxy groups -OCH3 is 2. The maximum absolute atomic E-state index is 12.3. The molecule has 142 valence electrons. The van der Waals surface area contributed by atoms with Crippen molar-refractivity contribution in [1.82, 2.24) is 10.6 Å². The van der Waals surface area contributed by atoms with Crippen molar-refractivity contribution >= 4 is 49.0 Å². The second-order valence-electron chi connectivity index (χ2n) is 5.04. The number of hydrogen-bond donors (Lipinski definition) is 4. The smallest absolute Gasteiger partial charge is 0.329 e. The van der Waals surface area contributed by atoms with Gasteiger partial charge in [0.2, 0.25) is 0 Å². The van der Waals surface area contributed by atoms with Gasteiger partial charge in [-0.1, -0.05) is 6.07 Å². The average Bonchev–Trinajstić information content (AvgIpc) is 2.68. The highest BCUT2D eigenvalue weighted by Crippen LogP contribution is 2.07. The Labute approximate surface area is 161 Å². The Bertz CT molecular complexity index is 629. The van der Waals surface area contributed by atoms with Gasteiger partial charge < -0.3 is 20.1 Å². The van der Waals surface area contributed by atoms with Crippen molar-refractivity contribution in [2.24, 2.45) is 0 Å². The van der Waals surface area contributed by atoms with Gasteiger partial charge in [0.15, 0.2) is 0 Å². The molecule has 1 rings (SSSR count). The number of nitrogens with one attached hydrogen (secondary N) is 2. The first-order valence-electron chi connectivity index (χ1n) is 7.47. The predicted octanol–water partition coefficient (Wildman–Crippen LogP) is 0.0890. The highest BCUT2D eigenvalue weighted by Gasteiger charge is 2.23. The van der Waals surface area contributed by atoms with Gasteiger partial charge in [-0.05, 0) is 18.2 Å². The normalized spacial score (nSPS) is 12.5. The molecule has 26 heavy (non-hydrogen) atoms. The average molecular weight is 400 g/mol. The van der Waals surface area contributed by atoms with Gasteiger partial charge in [-0.2, -0.15) is 25.3 Å². The van der Waals surface area contributed by atoms with Gasteiger partial charge in [0.05, 0.1) is 14.2 Å². The van der Waals surface area contributed by atoms with E-state index in [1.54, 1.807) is 0 Å². The molecule has 0 aliphatic rings. The summed E-state index contributed by atoms with van der Waals surface area (Å²) in [4.78, 5) is 47.6. The van der Waals surface area contributed by atoms with Crippen molar-refractivity contribution in [3.63, 3.8) is 0 Å². The molecular formula is C16H20N2O6S2. The summed E-state index contributed by atoms with van der Waals surface area (Å²) in [6, 6.07) is 3.98. The lowest BCUT2D eigenvalue weighted by molar-refractivity contribution is -0.143. The van der Waals surface area contributed by atoms with Crippen LogP contribution >= 0.6 is 25.3 Å². The monoisotopic (exact) mass is 400 g/mol. The van der Waals surface area contributed by atoms with Crippen molar-refractivity contribution in [2.75, 3.05) is 25.7 Å². The highest BCUT2D eigenvalue weighted by atomic mass is 32.1. The third-order valence-corrected chi connectivity index (χ3v) is 4.06. The molecule has 1 aromatic carbocycles. The number of thiol groups is 2. The lowest BCUT2D eigenvalue weighted by Crippen LogP contribution is -2.43. The fraction of sp³-hybridized carbons (Fsp3) is 0.375. The summed E-state index contributed by atoms with van der Waals surface area (Å²) in [5.74, 6) is -2.28. The highest BCUT2D eigenvalue weighted by molar-refractivity contribution is 7.80. The van der Waals surface area contributed by atoms with E-state index in [1.807, 2.05) is 0 Å². The van der Waals surface area contributed by atoms with Gasteiger partial charge in [0.1, 0.15) is 12.1 Å². The first-order chi connectivity index (χ1) is 12.4. The van der Waals surface area contributed by atoms with Crippen LogP contribution in [0, 0.1) is 0 Å². The van der Waals surface area contributed by atoms with Crippen LogP contribution in [0.25, 0.3) is 0 Å². The number of carbonyl (C=O) groups excluding carboxylic acids is 4. The van der Waals surface area contributed by atoms with Crippen molar-refractivity contribution in [1.29, 1.82) is 0 Å². The Morgan fingerprint density at radius 2 is 1.27 bits per heavy atom. The topological polar surface area (TPSA) is 111 Å². The van der Waals surface area contributed by atoms with Crippen molar-refractivity contribution in [3.8, 4) is 0 Å². The standard InChI is InChI=1S/C16H20N2O6S2/c1-23-15(21)11(7-25)17-13(19)9-4-3-5-10(6-9)14(20)18-12(8-26)16(22)24-2/h3-6,11-12,25-26H,7-8H2,1-2H3,(H,17,19)(H,18,20). The molecule has 0 aliphatic carbocycles. The van der Waals surface area contributed by atoms with E-state index in [-0.39, 0.29) is 22.6 Å². The largest absolute Gasteiger partial charge is 0.467 e. The SMILES string of the molecule is COC(=O)C(CS)NC(=O)c1cccc(C(=O)NC(CS)C(=O)OC)c1. The summed E-state index contributed by atoms with van der Waals surface area (Å²) >= 11 is 7.99. The minimum absolute atomic E-state index is 0.0569. The lowest BCUT2D eigenvalue weighted by atomic mass is 10.1. The van der Waals surface area contributed by atoms with E-state index in [2.05, 4.69) is 45.4 Å². The Morgan fingerprint density at radius 3 is 1.58 bits per heavy atom. The fourth-order valence-corrected chi connectivity index (χ4v) is 2.41. The number of carbonyl (C=O) groups is 4. The Hall–Kier alpha value is -2.20. The molecule has 0 saturated heterocycles. The zero-order chi connectivity index (χ0) is 19.7. The van der Waals surface area contributed by atoms with Crippen LogP contribution in [0.4, 0.5) is 0 Å². The molecule has 2 unspecified atom stereocenters. The maximum atomic E-state index is 12.3. The molecule has 0 saturated carbocycles. The number of esters is 2. The molecule has 8 nitrogen and oxygen atoms in total. The molecule has 0 aliphatic heterocycles. The first-order valence-corrected chi connectivity index (χ1v) is 8.73. The minimum atomic E-state index is -0.916. The molecule has 0 radical (unpaired) electrons. The summed E-state index contributed by atoms with van der Waals surface area (Å²) < 4.78 is 9.15. The molecule has 0 heterocycles. The van der Waals surface area contributed by atoms with E-state index in [9.17, 15) is 19.2 Å². The second-order valence-corrected chi connectivity index (χ2v) is 5.77. The van der Waals surface area contributed by atoms with Crippen molar-refractivity contribution in [3.05, 3.63) is 35.4 Å². The zero-order valence-corrected chi connectivity index (χ0v) is 16.0. The fourth-order valence-electron chi connectivity index (χ4n) is 1.93. The van der Waals surface area contributed by atoms with E-state index in [0.717, 1.165) is 0 Å². The molecule has 1 aromatic rings. The second kappa shape index (κ2) is 10.7. The quantitative estimate of drug-likeness (QED) is 0.364. The molecular weight excluding hydrogens is 380 g/mol. The van der Waals surface area contributed by atoms with Crippen LogP contribution in [-0.2, 0) is 19.1 Å². The maximum Gasteiger partial charge on any atom is 0.329 e. The summed E-state index contributed by atoms with van der Waals surface area (Å²) in [7, 11) is 2.41. The van der Waals surface area contributed by atoms with Crippen LogP contribution in [0.3, 0.4) is 0 Å². The molecule has 2 amide bonds. The van der Waals surface area contributed by atoms with E-state index in [4.69, 9.17) is 0 Å². The van der Waals surface area contributed by atoms with Crippen LogP contribution in [-0.4, -0.2) is 61.6 Å². The number of ether oxygens (including phenoxy) is 2. The van der Waals surface area contributed by atoms with Gasteiger partial charge in [0, 0.05) is 22.6 Å². The molecule has 0 spiro atoms. The molecule has 2 atom stereocenters. The number of amides is 2.